The molecular formula is C24H24F3N5O2S. The fourth-order valence-corrected chi connectivity index (χ4v) is 5.32. The molecule has 35 heavy (non-hydrogen) atoms. The van der Waals surface area contributed by atoms with E-state index < -0.39 is 11.9 Å². The Hall–Kier alpha value is -3.21. The van der Waals surface area contributed by atoms with E-state index in [1.165, 1.54) is 6.92 Å². The minimum Gasteiger partial charge on any atom is -0.356 e. The van der Waals surface area contributed by atoms with E-state index in [-0.39, 0.29) is 18.4 Å². The van der Waals surface area contributed by atoms with Crippen LogP contribution in [0.3, 0.4) is 0 Å². The molecule has 1 amide bonds. The number of allylic oxidation sites excluding steroid dienone is 4. The molecule has 0 spiro atoms. The summed E-state index contributed by atoms with van der Waals surface area (Å²) in [6, 6.07) is 2.86. The van der Waals surface area contributed by atoms with Gasteiger partial charge in [-0.3, -0.25) is 9.48 Å². The van der Waals surface area contributed by atoms with Crippen LogP contribution in [0, 0.1) is 6.92 Å². The van der Waals surface area contributed by atoms with Crippen molar-refractivity contribution in [2.75, 3.05) is 13.1 Å². The lowest BCUT2D eigenvalue weighted by Crippen LogP contribution is -2.40. The van der Waals surface area contributed by atoms with E-state index in [0.29, 0.717) is 24.5 Å². The van der Waals surface area contributed by atoms with Crippen molar-refractivity contribution < 1.29 is 22.5 Å². The molecule has 184 valence electrons. The van der Waals surface area contributed by atoms with E-state index in [2.05, 4.69) is 22.4 Å². The molecule has 0 bridgehead atoms. The van der Waals surface area contributed by atoms with Gasteiger partial charge >= 0.3 is 6.18 Å². The van der Waals surface area contributed by atoms with Crippen molar-refractivity contribution in [2.24, 2.45) is 0 Å². The van der Waals surface area contributed by atoms with Gasteiger partial charge in [0.15, 0.2) is 11.5 Å². The topological polar surface area (TPSA) is 77.0 Å². The molecule has 3 aromatic heterocycles. The van der Waals surface area contributed by atoms with Gasteiger partial charge in [-0.1, -0.05) is 23.4 Å². The Morgan fingerprint density at radius 3 is 2.69 bits per heavy atom. The second kappa shape index (κ2) is 9.44. The van der Waals surface area contributed by atoms with Gasteiger partial charge in [-0.2, -0.15) is 18.3 Å². The number of alkyl halides is 3. The summed E-state index contributed by atoms with van der Waals surface area (Å²) >= 11 is 1.57. The smallest absolute Gasteiger partial charge is 0.356 e. The standard InChI is InChI=1S/C24H24F3N5O2S/c1-15-11-21(24(25,26)27)29-32(15)13-22(33)31-9-7-17(8-10-31)23-28-19(14-35-23)18-12-20(34-30-18)16-5-3-2-4-6-16/h3,5-6,11-12,14,17H,2,4,7-10,13H2,1H3. The number of aryl methyl sites for hydroxylation is 1. The van der Waals surface area contributed by atoms with Crippen LogP contribution in [0.25, 0.3) is 17.0 Å². The van der Waals surface area contributed by atoms with Gasteiger partial charge in [0.25, 0.3) is 0 Å². The highest BCUT2D eigenvalue weighted by molar-refractivity contribution is 7.10. The van der Waals surface area contributed by atoms with Crippen LogP contribution in [0.5, 0.6) is 0 Å². The largest absolute Gasteiger partial charge is 0.435 e. The first-order chi connectivity index (χ1) is 16.8. The maximum atomic E-state index is 12.9. The molecule has 1 aliphatic heterocycles. The van der Waals surface area contributed by atoms with Crippen LogP contribution >= 0.6 is 11.3 Å². The second-order valence-corrected chi connectivity index (χ2v) is 9.66. The Balaban J connectivity index is 1.18. The molecule has 5 rings (SSSR count). The summed E-state index contributed by atoms with van der Waals surface area (Å²) in [5.74, 6) is 0.716. The lowest BCUT2D eigenvalue weighted by atomic mass is 9.97. The Bertz CT molecular complexity index is 1280. The molecule has 1 aliphatic carbocycles. The van der Waals surface area contributed by atoms with Crippen molar-refractivity contribution in [1.82, 2.24) is 24.8 Å². The number of hydrogen-bond donors (Lipinski definition) is 0. The average molecular weight is 504 g/mol. The number of nitrogens with zero attached hydrogens (tertiary/aromatic N) is 5. The summed E-state index contributed by atoms with van der Waals surface area (Å²) in [7, 11) is 0. The van der Waals surface area contributed by atoms with Gasteiger partial charge < -0.3 is 9.42 Å². The molecule has 7 nitrogen and oxygen atoms in total. The number of carbonyl (C=O) groups is 1. The Labute approximate surface area is 203 Å². The number of amides is 1. The predicted octanol–water partition coefficient (Wildman–Crippen LogP) is 5.46. The van der Waals surface area contributed by atoms with E-state index in [4.69, 9.17) is 9.51 Å². The van der Waals surface area contributed by atoms with E-state index >= 15 is 0 Å². The number of thiazole rings is 1. The minimum absolute atomic E-state index is 0.200. The van der Waals surface area contributed by atoms with Crippen LogP contribution in [0.2, 0.25) is 0 Å². The molecule has 0 radical (unpaired) electrons. The van der Waals surface area contributed by atoms with Crippen LogP contribution in [0.15, 0.2) is 40.3 Å². The summed E-state index contributed by atoms with van der Waals surface area (Å²) < 4.78 is 45.3. The summed E-state index contributed by atoms with van der Waals surface area (Å²) in [6.45, 7) is 2.37. The van der Waals surface area contributed by atoms with Crippen molar-refractivity contribution >= 4 is 22.8 Å². The lowest BCUT2D eigenvalue weighted by Gasteiger charge is -2.31. The Morgan fingerprint density at radius 1 is 1.20 bits per heavy atom. The predicted molar refractivity (Wildman–Crippen MR) is 124 cm³/mol. The third kappa shape index (κ3) is 5.09. The summed E-state index contributed by atoms with van der Waals surface area (Å²) in [4.78, 5) is 19.1. The van der Waals surface area contributed by atoms with Gasteiger partial charge in [0, 0.05) is 41.7 Å². The Morgan fingerprint density at radius 2 is 2.00 bits per heavy atom. The molecular weight excluding hydrogens is 479 g/mol. The molecule has 4 heterocycles. The van der Waals surface area contributed by atoms with Gasteiger partial charge in [-0.05, 0) is 38.7 Å². The number of halogens is 3. The minimum atomic E-state index is -4.53. The van der Waals surface area contributed by atoms with Crippen molar-refractivity contribution in [3.63, 3.8) is 0 Å². The van der Waals surface area contributed by atoms with Gasteiger partial charge in [0.05, 0.1) is 5.01 Å². The summed E-state index contributed by atoms with van der Waals surface area (Å²) in [5.41, 5.74) is 1.83. The quantitative estimate of drug-likeness (QED) is 0.462. The number of likely N-dealkylation sites (tertiary alicyclic amines) is 1. The maximum absolute atomic E-state index is 12.9. The first kappa shape index (κ1) is 23.5. The van der Waals surface area contributed by atoms with Gasteiger partial charge in [-0.15, -0.1) is 11.3 Å². The van der Waals surface area contributed by atoms with Crippen molar-refractivity contribution in [2.45, 2.75) is 51.2 Å². The average Bonchev–Trinajstić information content (AvgIpc) is 3.60. The molecule has 0 saturated carbocycles. The molecule has 3 aromatic rings. The molecule has 0 aromatic carbocycles. The van der Waals surface area contributed by atoms with Gasteiger partial charge in [0.2, 0.25) is 5.91 Å². The maximum Gasteiger partial charge on any atom is 0.435 e. The zero-order chi connectivity index (χ0) is 24.6. The first-order valence-corrected chi connectivity index (χ1v) is 12.3. The number of carbonyl (C=O) groups excluding carboxylic acids is 1. The fraction of sp³-hybridized carbons (Fsp3) is 0.417. The molecule has 2 aliphatic rings. The monoisotopic (exact) mass is 503 g/mol. The van der Waals surface area contributed by atoms with E-state index in [9.17, 15) is 18.0 Å². The third-order valence-corrected chi connectivity index (χ3v) is 7.33. The number of hydrogen-bond acceptors (Lipinski definition) is 6. The zero-order valence-corrected chi connectivity index (χ0v) is 19.9. The normalized spacial score (nSPS) is 17.1. The Kier molecular flexibility index (Phi) is 6.35. The van der Waals surface area contributed by atoms with Crippen molar-refractivity contribution in [3.05, 3.63) is 57.9 Å². The van der Waals surface area contributed by atoms with Crippen LogP contribution in [-0.4, -0.2) is 43.8 Å². The number of rotatable bonds is 5. The van der Waals surface area contributed by atoms with Crippen LogP contribution in [-0.2, 0) is 17.5 Å². The van der Waals surface area contributed by atoms with E-state index in [1.54, 1.807) is 16.2 Å². The van der Waals surface area contributed by atoms with Gasteiger partial charge in [0.1, 0.15) is 17.9 Å². The molecule has 0 atom stereocenters. The molecule has 0 N–H and O–H groups in total. The SMILES string of the molecule is Cc1cc(C(F)(F)F)nn1CC(=O)N1CCC(c2nc(-c3cc(C4=CCCC=C4)on3)cs2)CC1. The first-order valence-electron chi connectivity index (χ1n) is 11.5. The van der Waals surface area contributed by atoms with E-state index in [1.807, 2.05) is 17.5 Å². The summed E-state index contributed by atoms with van der Waals surface area (Å²) in [5, 5.41) is 10.7. The van der Waals surface area contributed by atoms with Crippen LogP contribution in [0.4, 0.5) is 13.2 Å². The fourth-order valence-electron chi connectivity index (χ4n) is 4.33. The second-order valence-electron chi connectivity index (χ2n) is 8.77. The molecule has 1 saturated heterocycles. The molecule has 1 fully saturated rings. The zero-order valence-electron chi connectivity index (χ0n) is 19.1. The molecule has 11 heteroatoms. The summed E-state index contributed by atoms with van der Waals surface area (Å²) in [6.07, 6.45) is 5.27. The number of piperidine rings is 1. The van der Waals surface area contributed by atoms with Crippen LogP contribution in [0.1, 0.15) is 53.8 Å². The van der Waals surface area contributed by atoms with Crippen LogP contribution < -0.4 is 0 Å². The third-order valence-electron chi connectivity index (χ3n) is 6.33. The lowest BCUT2D eigenvalue weighted by molar-refractivity contribution is -0.142. The van der Waals surface area contributed by atoms with Gasteiger partial charge in [-0.25, -0.2) is 4.98 Å². The highest BCUT2D eigenvalue weighted by Gasteiger charge is 2.35. The van der Waals surface area contributed by atoms with Crippen molar-refractivity contribution in [3.8, 4) is 11.4 Å². The highest BCUT2D eigenvalue weighted by atomic mass is 32.1. The van der Waals surface area contributed by atoms with Crippen molar-refractivity contribution in [1.29, 1.82) is 0 Å². The molecule has 0 unspecified atom stereocenters. The van der Waals surface area contributed by atoms with E-state index in [0.717, 1.165) is 58.5 Å². The number of aromatic nitrogens is 4. The highest BCUT2D eigenvalue weighted by Crippen LogP contribution is 2.34.